The van der Waals surface area contributed by atoms with Crippen LogP contribution in [0.4, 0.5) is 0 Å². The molecule has 0 saturated heterocycles. The monoisotopic (exact) mass is 312 g/mol. The third-order valence-electron chi connectivity index (χ3n) is 4.60. The van der Waals surface area contributed by atoms with Gasteiger partial charge in [0.1, 0.15) is 6.10 Å². The molecule has 6 nitrogen and oxygen atoms in total. The summed E-state index contributed by atoms with van der Waals surface area (Å²) in [6, 6.07) is 5.57. The maximum absolute atomic E-state index is 12.6. The van der Waals surface area contributed by atoms with Crippen molar-refractivity contribution < 1.29 is 9.53 Å². The van der Waals surface area contributed by atoms with Gasteiger partial charge in [-0.25, -0.2) is 4.98 Å². The lowest BCUT2D eigenvalue weighted by atomic mass is 10.2. The summed E-state index contributed by atoms with van der Waals surface area (Å²) in [5, 5.41) is 4.23. The standard InChI is InChI=1S/C17H20N4O2/c22-17(20-9-10-21-14(12-20)7-8-19-21)13-5-6-16(18-11-13)23-15-3-1-2-4-15/h5-8,11,15H,1-4,9-10,12H2. The second kappa shape index (κ2) is 6.02. The molecule has 1 aliphatic heterocycles. The van der Waals surface area contributed by atoms with Crippen molar-refractivity contribution in [1.82, 2.24) is 19.7 Å². The van der Waals surface area contributed by atoms with Gasteiger partial charge >= 0.3 is 0 Å². The predicted octanol–water partition coefficient (Wildman–Crippen LogP) is 2.26. The zero-order valence-corrected chi connectivity index (χ0v) is 13.0. The smallest absolute Gasteiger partial charge is 0.255 e. The zero-order valence-electron chi connectivity index (χ0n) is 13.0. The Morgan fingerprint density at radius 3 is 2.83 bits per heavy atom. The van der Waals surface area contributed by atoms with E-state index in [-0.39, 0.29) is 12.0 Å². The number of amides is 1. The van der Waals surface area contributed by atoms with Crippen molar-refractivity contribution in [3.63, 3.8) is 0 Å². The number of hydrogen-bond donors (Lipinski definition) is 0. The third kappa shape index (κ3) is 2.93. The molecule has 0 spiro atoms. The van der Waals surface area contributed by atoms with E-state index < -0.39 is 0 Å². The van der Waals surface area contributed by atoms with E-state index in [2.05, 4.69) is 10.1 Å². The SMILES string of the molecule is O=C(c1ccc(OC2CCCC2)nc1)N1CCn2nccc2C1. The number of nitrogens with zero attached hydrogens (tertiary/aromatic N) is 4. The van der Waals surface area contributed by atoms with Crippen LogP contribution in [-0.4, -0.2) is 38.2 Å². The molecule has 0 aromatic carbocycles. The van der Waals surface area contributed by atoms with E-state index in [0.29, 0.717) is 24.5 Å². The summed E-state index contributed by atoms with van der Waals surface area (Å²) in [5.74, 6) is 0.627. The highest BCUT2D eigenvalue weighted by Gasteiger charge is 2.22. The summed E-state index contributed by atoms with van der Waals surface area (Å²) in [5.41, 5.74) is 1.68. The molecule has 3 heterocycles. The number of fused-ring (bicyclic) bond motifs is 1. The molecule has 0 N–H and O–H groups in total. The van der Waals surface area contributed by atoms with Crippen LogP contribution in [0.15, 0.2) is 30.6 Å². The van der Waals surface area contributed by atoms with Crippen LogP contribution >= 0.6 is 0 Å². The lowest BCUT2D eigenvalue weighted by Crippen LogP contribution is -2.38. The summed E-state index contributed by atoms with van der Waals surface area (Å²) in [6.07, 6.45) is 8.34. The van der Waals surface area contributed by atoms with Crippen LogP contribution in [0.5, 0.6) is 5.88 Å². The topological polar surface area (TPSA) is 60.2 Å². The summed E-state index contributed by atoms with van der Waals surface area (Å²) in [7, 11) is 0. The van der Waals surface area contributed by atoms with Gasteiger partial charge in [0, 0.05) is 25.0 Å². The van der Waals surface area contributed by atoms with Gasteiger partial charge < -0.3 is 9.64 Å². The van der Waals surface area contributed by atoms with Crippen molar-refractivity contribution in [2.75, 3.05) is 6.54 Å². The number of hydrogen-bond acceptors (Lipinski definition) is 4. The highest BCUT2D eigenvalue weighted by Crippen LogP contribution is 2.23. The fourth-order valence-electron chi connectivity index (χ4n) is 3.30. The van der Waals surface area contributed by atoms with E-state index in [4.69, 9.17) is 4.74 Å². The third-order valence-corrected chi connectivity index (χ3v) is 4.60. The molecule has 2 aromatic heterocycles. The van der Waals surface area contributed by atoms with Gasteiger partial charge in [-0.2, -0.15) is 5.10 Å². The number of aromatic nitrogens is 3. The molecule has 1 aliphatic carbocycles. The molecule has 23 heavy (non-hydrogen) atoms. The van der Waals surface area contributed by atoms with Crippen molar-refractivity contribution in [2.45, 2.75) is 44.9 Å². The molecule has 1 fully saturated rings. The Hall–Kier alpha value is -2.37. The first-order chi connectivity index (χ1) is 11.3. The Kier molecular flexibility index (Phi) is 3.73. The largest absolute Gasteiger partial charge is 0.474 e. The molecule has 1 amide bonds. The molecule has 2 aliphatic rings. The van der Waals surface area contributed by atoms with Gasteiger partial charge in [0.2, 0.25) is 5.88 Å². The van der Waals surface area contributed by atoms with Gasteiger partial charge in [-0.1, -0.05) is 0 Å². The minimum atomic E-state index is 0.0115. The fraction of sp³-hybridized carbons (Fsp3) is 0.471. The summed E-state index contributed by atoms with van der Waals surface area (Å²) in [6.45, 7) is 2.01. The highest BCUT2D eigenvalue weighted by atomic mass is 16.5. The number of ether oxygens (including phenoxy) is 1. The van der Waals surface area contributed by atoms with Gasteiger partial charge in [-0.15, -0.1) is 0 Å². The van der Waals surface area contributed by atoms with E-state index >= 15 is 0 Å². The van der Waals surface area contributed by atoms with Crippen molar-refractivity contribution in [2.24, 2.45) is 0 Å². The number of rotatable bonds is 3. The van der Waals surface area contributed by atoms with Crippen molar-refractivity contribution in [1.29, 1.82) is 0 Å². The summed E-state index contributed by atoms with van der Waals surface area (Å²) < 4.78 is 7.79. The number of carbonyl (C=O) groups is 1. The molecule has 0 unspecified atom stereocenters. The van der Waals surface area contributed by atoms with Gasteiger partial charge in [0.15, 0.2) is 0 Å². The molecule has 120 valence electrons. The van der Waals surface area contributed by atoms with Crippen LogP contribution in [0.3, 0.4) is 0 Å². The molecular formula is C17H20N4O2. The molecule has 0 radical (unpaired) electrons. The molecular weight excluding hydrogens is 292 g/mol. The molecule has 4 rings (SSSR count). The molecule has 0 atom stereocenters. The van der Waals surface area contributed by atoms with Gasteiger partial charge in [-0.3, -0.25) is 9.48 Å². The van der Waals surface area contributed by atoms with E-state index in [1.807, 2.05) is 21.7 Å². The Balaban J connectivity index is 1.42. The maximum Gasteiger partial charge on any atom is 0.255 e. The summed E-state index contributed by atoms with van der Waals surface area (Å²) in [4.78, 5) is 18.7. The second-order valence-electron chi connectivity index (χ2n) is 6.18. The Morgan fingerprint density at radius 1 is 1.17 bits per heavy atom. The zero-order chi connectivity index (χ0) is 15.6. The van der Waals surface area contributed by atoms with Gasteiger partial charge in [-0.05, 0) is 37.8 Å². The highest BCUT2D eigenvalue weighted by molar-refractivity contribution is 5.94. The average molecular weight is 312 g/mol. The van der Waals surface area contributed by atoms with Crippen LogP contribution in [-0.2, 0) is 13.1 Å². The second-order valence-corrected chi connectivity index (χ2v) is 6.18. The first-order valence-electron chi connectivity index (χ1n) is 8.22. The lowest BCUT2D eigenvalue weighted by Gasteiger charge is -2.27. The van der Waals surface area contributed by atoms with E-state index in [9.17, 15) is 4.79 Å². The Labute approximate surface area is 135 Å². The summed E-state index contributed by atoms with van der Waals surface area (Å²) >= 11 is 0. The first kappa shape index (κ1) is 14.2. The van der Waals surface area contributed by atoms with Crippen LogP contribution in [0.25, 0.3) is 0 Å². The van der Waals surface area contributed by atoms with Crippen LogP contribution in [0, 0.1) is 0 Å². The van der Waals surface area contributed by atoms with Gasteiger partial charge in [0.25, 0.3) is 5.91 Å². The predicted molar refractivity (Wildman–Crippen MR) is 84.1 cm³/mol. The van der Waals surface area contributed by atoms with E-state index in [1.165, 1.54) is 12.8 Å². The maximum atomic E-state index is 12.6. The van der Waals surface area contributed by atoms with Crippen LogP contribution in [0.1, 0.15) is 41.7 Å². The lowest BCUT2D eigenvalue weighted by molar-refractivity contribution is 0.0705. The van der Waals surface area contributed by atoms with Crippen LogP contribution < -0.4 is 4.74 Å². The molecule has 2 aromatic rings. The van der Waals surface area contributed by atoms with Crippen LogP contribution in [0.2, 0.25) is 0 Å². The van der Waals surface area contributed by atoms with Crippen molar-refractivity contribution in [3.8, 4) is 5.88 Å². The van der Waals surface area contributed by atoms with E-state index in [1.54, 1.807) is 18.5 Å². The van der Waals surface area contributed by atoms with Crippen molar-refractivity contribution >= 4 is 5.91 Å². The quantitative estimate of drug-likeness (QED) is 0.872. The Morgan fingerprint density at radius 2 is 2.04 bits per heavy atom. The normalized spacial score (nSPS) is 18.0. The minimum Gasteiger partial charge on any atom is -0.474 e. The van der Waals surface area contributed by atoms with Crippen molar-refractivity contribution in [3.05, 3.63) is 41.9 Å². The number of pyridine rings is 1. The Bertz CT molecular complexity index is 689. The molecule has 0 bridgehead atoms. The minimum absolute atomic E-state index is 0.0115. The van der Waals surface area contributed by atoms with Gasteiger partial charge in [0.05, 0.1) is 24.3 Å². The fourth-order valence-corrected chi connectivity index (χ4v) is 3.30. The first-order valence-corrected chi connectivity index (χ1v) is 8.22. The molecule has 1 saturated carbocycles. The number of carbonyl (C=O) groups excluding carboxylic acids is 1. The average Bonchev–Trinajstić information content (AvgIpc) is 3.25. The van der Waals surface area contributed by atoms with E-state index in [0.717, 1.165) is 25.1 Å². The molecule has 6 heteroatoms.